The molecular weight excluding hydrogens is 236 g/mol. The highest BCUT2D eigenvalue weighted by molar-refractivity contribution is 5.43. The largest absolute Gasteiger partial charge is 0.493 e. The molecule has 0 atom stereocenters. The second-order valence-electron chi connectivity index (χ2n) is 5.53. The number of hydrogen-bond acceptors (Lipinski definition) is 2. The topological polar surface area (TPSA) is 18.5 Å². The summed E-state index contributed by atoms with van der Waals surface area (Å²) in [7, 11) is 1.64. The van der Waals surface area contributed by atoms with E-state index < -0.39 is 0 Å². The fourth-order valence-corrected chi connectivity index (χ4v) is 1.85. The van der Waals surface area contributed by atoms with Crippen molar-refractivity contribution in [3.05, 3.63) is 54.1 Å². The molecule has 2 aromatic rings. The van der Waals surface area contributed by atoms with Crippen molar-refractivity contribution in [2.45, 2.75) is 26.2 Å². The van der Waals surface area contributed by atoms with E-state index in [0.29, 0.717) is 0 Å². The number of benzene rings is 2. The van der Waals surface area contributed by atoms with Gasteiger partial charge in [0.15, 0.2) is 11.5 Å². The van der Waals surface area contributed by atoms with Crippen molar-refractivity contribution < 1.29 is 9.47 Å². The van der Waals surface area contributed by atoms with E-state index in [9.17, 15) is 0 Å². The predicted molar refractivity (Wildman–Crippen MR) is 78.2 cm³/mol. The van der Waals surface area contributed by atoms with Gasteiger partial charge in [0.1, 0.15) is 5.75 Å². The smallest absolute Gasteiger partial charge is 0.169 e. The van der Waals surface area contributed by atoms with Gasteiger partial charge in [0.05, 0.1) is 7.11 Å². The Morgan fingerprint density at radius 3 is 1.89 bits per heavy atom. The molecule has 0 saturated heterocycles. The highest BCUT2D eigenvalue weighted by Gasteiger charge is 2.13. The third kappa shape index (κ3) is 3.28. The standard InChI is InChI=1S/C17H20O2/c1-17(2,3)13-9-11-14(12-10-13)19-16-8-6-5-7-15(16)18-4/h5-12H,1-4H3. The van der Waals surface area contributed by atoms with E-state index in [1.165, 1.54) is 5.56 Å². The van der Waals surface area contributed by atoms with Gasteiger partial charge in [-0.3, -0.25) is 0 Å². The lowest BCUT2D eigenvalue weighted by atomic mass is 9.87. The number of para-hydroxylation sites is 2. The van der Waals surface area contributed by atoms with Gasteiger partial charge < -0.3 is 9.47 Å². The molecule has 0 heterocycles. The SMILES string of the molecule is COc1ccccc1Oc1ccc(C(C)(C)C)cc1. The molecule has 2 heteroatoms. The molecule has 0 spiro atoms. The Balaban J connectivity index is 2.20. The Morgan fingerprint density at radius 2 is 1.37 bits per heavy atom. The van der Waals surface area contributed by atoms with Crippen LogP contribution in [0, 0.1) is 0 Å². The van der Waals surface area contributed by atoms with Crippen molar-refractivity contribution in [2.75, 3.05) is 7.11 Å². The molecule has 0 fully saturated rings. The summed E-state index contributed by atoms with van der Waals surface area (Å²) in [4.78, 5) is 0. The first-order valence-corrected chi connectivity index (χ1v) is 6.42. The zero-order chi connectivity index (χ0) is 13.9. The third-order valence-corrected chi connectivity index (χ3v) is 3.02. The van der Waals surface area contributed by atoms with Crippen LogP contribution >= 0.6 is 0 Å². The first-order chi connectivity index (χ1) is 9.00. The summed E-state index contributed by atoms with van der Waals surface area (Å²) in [6, 6.07) is 15.8. The highest BCUT2D eigenvalue weighted by atomic mass is 16.5. The number of rotatable bonds is 3. The highest BCUT2D eigenvalue weighted by Crippen LogP contribution is 2.32. The fraction of sp³-hybridized carbons (Fsp3) is 0.294. The van der Waals surface area contributed by atoms with Crippen LogP contribution in [-0.4, -0.2) is 7.11 Å². The van der Waals surface area contributed by atoms with E-state index in [1.807, 2.05) is 36.4 Å². The molecule has 2 aromatic carbocycles. The molecule has 0 radical (unpaired) electrons. The van der Waals surface area contributed by atoms with Crippen LogP contribution in [0.25, 0.3) is 0 Å². The Bertz CT molecular complexity index is 536. The Labute approximate surface area is 115 Å². The van der Waals surface area contributed by atoms with Crippen LogP contribution in [0.2, 0.25) is 0 Å². The van der Waals surface area contributed by atoms with E-state index in [2.05, 4.69) is 32.9 Å². The summed E-state index contributed by atoms with van der Waals surface area (Å²) in [6.45, 7) is 6.59. The van der Waals surface area contributed by atoms with Gasteiger partial charge in [0, 0.05) is 0 Å². The minimum absolute atomic E-state index is 0.156. The molecule has 0 aliphatic carbocycles. The second kappa shape index (κ2) is 5.35. The predicted octanol–water partition coefficient (Wildman–Crippen LogP) is 4.79. The van der Waals surface area contributed by atoms with Gasteiger partial charge in [0.2, 0.25) is 0 Å². The van der Waals surface area contributed by atoms with Crippen molar-refractivity contribution in [3.8, 4) is 17.2 Å². The molecule has 0 N–H and O–H groups in total. The van der Waals surface area contributed by atoms with Crippen LogP contribution < -0.4 is 9.47 Å². The van der Waals surface area contributed by atoms with E-state index in [1.54, 1.807) is 7.11 Å². The Morgan fingerprint density at radius 1 is 0.789 bits per heavy atom. The van der Waals surface area contributed by atoms with Crippen LogP contribution in [0.15, 0.2) is 48.5 Å². The molecular formula is C17H20O2. The molecule has 0 saturated carbocycles. The van der Waals surface area contributed by atoms with E-state index in [4.69, 9.17) is 9.47 Å². The first kappa shape index (κ1) is 13.5. The van der Waals surface area contributed by atoms with Crippen molar-refractivity contribution >= 4 is 0 Å². The molecule has 0 aliphatic heterocycles. The maximum absolute atomic E-state index is 5.84. The van der Waals surface area contributed by atoms with Gasteiger partial charge >= 0.3 is 0 Å². The van der Waals surface area contributed by atoms with Gasteiger partial charge in [-0.15, -0.1) is 0 Å². The fourth-order valence-electron chi connectivity index (χ4n) is 1.85. The van der Waals surface area contributed by atoms with Gasteiger partial charge in [-0.2, -0.15) is 0 Å². The molecule has 0 bridgehead atoms. The number of methoxy groups -OCH3 is 1. The molecule has 0 amide bonds. The zero-order valence-electron chi connectivity index (χ0n) is 11.9. The van der Waals surface area contributed by atoms with Crippen molar-refractivity contribution in [2.24, 2.45) is 0 Å². The summed E-state index contributed by atoms with van der Waals surface area (Å²) >= 11 is 0. The van der Waals surface area contributed by atoms with Gasteiger partial charge in [-0.25, -0.2) is 0 Å². The van der Waals surface area contributed by atoms with Crippen LogP contribution in [0.1, 0.15) is 26.3 Å². The Hall–Kier alpha value is -1.96. The lowest BCUT2D eigenvalue weighted by Gasteiger charge is -2.19. The summed E-state index contributed by atoms with van der Waals surface area (Å²) in [5.41, 5.74) is 1.45. The average molecular weight is 256 g/mol. The van der Waals surface area contributed by atoms with Crippen LogP contribution in [-0.2, 0) is 5.41 Å². The third-order valence-electron chi connectivity index (χ3n) is 3.02. The summed E-state index contributed by atoms with van der Waals surface area (Å²) in [5.74, 6) is 2.29. The van der Waals surface area contributed by atoms with Crippen molar-refractivity contribution in [1.82, 2.24) is 0 Å². The first-order valence-electron chi connectivity index (χ1n) is 6.42. The summed E-state index contributed by atoms with van der Waals surface area (Å²) in [5, 5.41) is 0. The lowest BCUT2D eigenvalue weighted by molar-refractivity contribution is 0.379. The van der Waals surface area contributed by atoms with Gasteiger partial charge in [0.25, 0.3) is 0 Å². The van der Waals surface area contributed by atoms with Crippen LogP contribution in [0.3, 0.4) is 0 Å². The van der Waals surface area contributed by atoms with Crippen LogP contribution in [0.5, 0.6) is 17.2 Å². The molecule has 2 nitrogen and oxygen atoms in total. The number of hydrogen-bond donors (Lipinski definition) is 0. The quantitative estimate of drug-likeness (QED) is 0.786. The monoisotopic (exact) mass is 256 g/mol. The summed E-state index contributed by atoms with van der Waals surface area (Å²) < 4.78 is 11.1. The normalized spacial score (nSPS) is 11.2. The second-order valence-corrected chi connectivity index (χ2v) is 5.53. The maximum atomic E-state index is 5.84. The van der Waals surface area contributed by atoms with Crippen molar-refractivity contribution in [3.63, 3.8) is 0 Å². The molecule has 19 heavy (non-hydrogen) atoms. The minimum atomic E-state index is 0.156. The van der Waals surface area contributed by atoms with E-state index >= 15 is 0 Å². The average Bonchev–Trinajstić information content (AvgIpc) is 2.39. The zero-order valence-corrected chi connectivity index (χ0v) is 11.9. The van der Waals surface area contributed by atoms with E-state index in [0.717, 1.165) is 17.2 Å². The molecule has 0 unspecified atom stereocenters. The molecule has 100 valence electrons. The van der Waals surface area contributed by atoms with Gasteiger partial charge in [-0.1, -0.05) is 45.0 Å². The molecule has 0 aliphatic rings. The molecule has 2 rings (SSSR count). The van der Waals surface area contributed by atoms with Crippen LogP contribution in [0.4, 0.5) is 0 Å². The number of ether oxygens (including phenoxy) is 2. The Kier molecular flexibility index (Phi) is 3.79. The maximum Gasteiger partial charge on any atom is 0.169 e. The van der Waals surface area contributed by atoms with Crippen molar-refractivity contribution in [1.29, 1.82) is 0 Å². The van der Waals surface area contributed by atoms with Gasteiger partial charge in [-0.05, 0) is 35.2 Å². The summed E-state index contributed by atoms with van der Waals surface area (Å²) in [6.07, 6.45) is 0. The minimum Gasteiger partial charge on any atom is -0.493 e. The molecule has 0 aromatic heterocycles. The lowest BCUT2D eigenvalue weighted by Crippen LogP contribution is -2.10. The van der Waals surface area contributed by atoms with E-state index in [-0.39, 0.29) is 5.41 Å².